The van der Waals surface area contributed by atoms with Gasteiger partial charge in [0.1, 0.15) is 5.52 Å². The second kappa shape index (κ2) is 7.84. The summed E-state index contributed by atoms with van der Waals surface area (Å²) >= 11 is 12.4. The maximum Gasteiger partial charge on any atom is 0.258 e. The molecule has 1 heterocycles. The van der Waals surface area contributed by atoms with Crippen LogP contribution in [-0.2, 0) is 4.79 Å². The van der Waals surface area contributed by atoms with Gasteiger partial charge in [0.2, 0.25) is 0 Å². The number of pyridine rings is 1. The van der Waals surface area contributed by atoms with Gasteiger partial charge in [0.05, 0.1) is 10.0 Å². The van der Waals surface area contributed by atoms with Crippen LogP contribution in [0.5, 0.6) is 5.75 Å². The summed E-state index contributed by atoms with van der Waals surface area (Å²) in [6.45, 7) is 5.81. The SMILES string of the molecule is CCC[C@H](C)NC(=O)COc1c(Cl)cc(Cl)c2ccc(C)nc12. The monoisotopic (exact) mass is 354 g/mol. The highest BCUT2D eigenvalue weighted by molar-refractivity contribution is 6.39. The van der Waals surface area contributed by atoms with Gasteiger partial charge in [-0.25, -0.2) is 4.98 Å². The highest BCUT2D eigenvalue weighted by Crippen LogP contribution is 2.37. The molecule has 23 heavy (non-hydrogen) atoms. The zero-order valence-corrected chi connectivity index (χ0v) is 15.0. The van der Waals surface area contributed by atoms with Crippen molar-refractivity contribution >= 4 is 40.0 Å². The molecule has 2 rings (SSSR count). The van der Waals surface area contributed by atoms with Crippen LogP contribution < -0.4 is 10.1 Å². The largest absolute Gasteiger partial charge is 0.480 e. The first-order valence-corrected chi connectivity index (χ1v) is 8.35. The minimum Gasteiger partial charge on any atom is -0.480 e. The van der Waals surface area contributed by atoms with Crippen molar-refractivity contribution in [2.24, 2.45) is 0 Å². The Bertz CT molecular complexity index is 719. The Kier molecular flexibility index (Phi) is 6.08. The van der Waals surface area contributed by atoms with Crippen molar-refractivity contribution in [2.45, 2.75) is 39.7 Å². The van der Waals surface area contributed by atoms with E-state index in [1.807, 2.05) is 26.0 Å². The molecule has 1 aromatic carbocycles. The molecule has 0 radical (unpaired) electrons. The number of nitrogens with zero attached hydrogens (tertiary/aromatic N) is 1. The lowest BCUT2D eigenvalue weighted by Crippen LogP contribution is -2.36. The van der Waals surface area contributed by atoms with Gasteiger partial charge in [-0.1, -0.05) is 36.5 Å². The Morgan fingerprint density at radius 3 is 2.78 bits per heavy atom. The van der Waals surface area contributed by atoms with Gasteiger partial charge in [0, 0.05) is 17.1 Å². The Balaban J connectivity index is 2.20. The molecule has 1 atom stereocenters. The topological polar surface area (TPSA) is 51.2 Å². The van der Waals surface area contributed by atoms with Crippen LogP contribution >= 0.6 is 23.2 Å². The van der Waals surface area contributed by atoms with Gasteiger partial charge in [-0.3, -0.25) is 4.79 Å². The first kappa shape index (κ1) is 17.8. The van der Waals surface area contributed by atoms with Crippen molar-refractivity contribution in [1.29, 1.82) is 0 Å². The van der Waals surface area contributed by atoms with E-state index in [9.17, 15) is 4.79 Å². The predicted octanol–water partition coefficient (Wildman–Crippen LogP) is 4.53. The molecule has 0 unspecified atom stereocenters. The molecular formula is C17H20Cl2N2O2. The van der Waals surface area contributed by atoms with E-state index >= 15 is 0 Å². The number of halogens is 2. The summed E-state index contributed by atoms with van der Waals surface area (Å²) in [4.78, 5) is 16.4. The van der Waals surface area contributed by atoms with Crippen molar-refractivity contribution in [3.05, 3.63) is 33.9 Å². The first-order valence-electron chi connectivity index (χ1n) is 7.60. The first-order chi connectivity index (χ1) is 10.9. The van der Waals surface area contributed by atoms with Gasteiger partial charge < -0.3 is 10.1 Å². The average Bonchev–Trinajstić information content (AvgIpc) is 2.46. The van der Waals surface area contributed by atoms with Crippen LogP contribution in [0.15, 0.2) is 18.2 Å². The van der Waals surface area contributed by atoms with Crippen molar-refractivity contribution in [3.63, 3.8) is 0 Å². The van der Waals surface area contributed by atoms with Crippen LogP contribution in [0.4, 0.5) is 0 Å². The van der Waals surface area contributed by atoms with Crippen molar-refractivity contribution in [1.82, 2.24) is 10.3 Å². The van der Waals surface area contributed by atoms with Gasteiger partial charge >= 0.3 is 0 Å². The maximum atomic E-state index is 12.0. The van der Waals surface area contributed by atoms with E-state index in [-0.39, 0.29) is 18.6 Å². The standard InChI is InChI=1S/C17H20Cl2N2O2/c1-4-5-10(2)20-15(22)9-23-17-14(19)8-13(18)12-7-6-11(3)21-16(12)17/h6-8,10H,4-5,9H2,1-3H3,(H,20,22)/t10-/m0/s1. The molecule has 0 aliphatic heterocycles. The van der Waals surface area contributed by atoms with Crippen molar-refractivity contribution in [2.75, 3.05) is 6.61 Å². The lowest BCUT2D eigenvalue weighted by molar-refractivity contribution is -0.123. The van der Waals surface area contributed by atoms with E-state index in [0.717, 1.165) is 23.9 Å². The molecule has 1 N–H and O–H groups in total. The van der Waals surface area contributed by atoms with E-state index in [4.69, 9.17) is 27.9 Å². The Hall–Kier alpha value is -1.52. The number of hydrogen-bond acceptors (Lipinski definition) is 3. The van der Waals surface area contributed by atoms with Crippen molar-refractivity contribution in [3.8, 4) is 5.75 Å². The van der Waals surface area contributed by atoms with Crippen LogP contribution in [0.25, 0.3) is 10.9 Å². The summed E-state index contributed by atoms with van der Waals surface area (Å²) in [7, 11) is 0. The fraction of sp³-hybridized carbons (Fsp3) is 0.412. The number of carbonyl (C=O) groups is 1. The number of carbonyl (C=O) groups excluding carboxylic acids is 1. The maximum absolute atomic E-state index is 12.0. The van der Waals surface area contributed by atoms with E-state index in [1.54, 1.807) is 6.07 Å². The Morgan fingerprint density at radius 1 is 1.35 bits per heavy atom. The molecule has 0 fully saturated rings. The van der Waals surface area contributed by atoms with Gasteiger partial charge in [0.25, 0.3) is 5.91 Å². The molecular weight excluding hydrogens is 335 g/mol. The molecule has 4 nitrogen and oxygen atoms in total. The number of benzene rings is 1. The van der Waals surface area contributed by atoms with E-state index in [0.29, 0.717) is 21.3 Å². The number of fused-ring (bicyclic) bond motifs is 1. The fourth-order valence-corrected chi connectivity index (χ4v) is 2.96. The van der Waals surface area contributed by atoms with Crippen LogP contribution in [0, 0.1) is 6.92 Å². The molecule has 0 aliphatic carbocycles. The van der Waals surface area contributed by atoms with Gasteiger partial charge in [-0.2, -0.15) is 0 Å². The molecule has 0 saturated carbocycles. The molecule has 2 aromatic rings. The third-order valence-electron chi connectivity index (χ3n) is 3.45. The minimum absolute atomic E-state index is 0.111. The van der Waals surface area contributed by atoms with Crippen LogP contribution in [0.2, 0.25) is 10.0 Å². The zero-order chi connectivity index (χ0) is 17.0. The second-order valence-corrected chi connectivity index (χ2v) is 6.38. The number of rotatable bonds is 6. The molecule has 1 amide bonds. The average molecular weight is 355 g/mol. The molecule has 0 bridgehead atoms. The lowest BCUT2D eigenvalue weighted by atomic mass is 10.2. The quantitative estimate of drug-likeness (QED) is 0.828. The number of hydrogen-bond donors (Lipinski definition) is 1. The third-order valence-corrected chi connectivity index (χ3v) is 4.05. The number of aromatic nitrogens is 1. The molecule has 6 heteroatoms. The summed E-state index contributed by atoms with van der Waals surface area (Å²) in [5.41, 5.74) is 1.39. The van der Waals surface area contributed by atoms with Crippen LogP contribution in [0.3, 0.4) is 0 Å². The van der Waals surface area contributed by atoms with Gasteiger partial charge in [-0.15, -0.1) is 0 Å². The summed E-state index contributed by atoms with van der Waals surface area (Å²) in [5.74, 6) is 0.200. The summed E-state index contributed by atoms with van der Waals surface area (Å²) in [5, 5.41) is 4.48. The van der Waals surface area contributed by atoms with Gasteiger partial charge in [-0.05, 0) is 38.5 Å². The number of ether oxygens (including phenoxy) is 1. The smallest absolute Gasteiger partial charge is 0.258 e. The fourth-order valence-electron chi connectivity index (χ4n) is 2.39. The minimum atomic E-state index is -0.183. The van der Waals surface area contributed by atoms with Crippen LogP contribution in [0.1, 0.15) is 32.4 Å². The normalized spacial score (nSPS) is 12.2. The van der Waals surface area contributed by atoms with Crippen molar-refractivity contribution < 1.29 is 9.53 Å². The molecule has 0 aliphatic rings. The Labute approximate surface area is 146 Å². The molecule has 124 valence electrons. The van der Waals surface area contributed by atoms with E-state index in [1.165, 1.54) is 0 Å². The molecule has 0 saturated heterocycles. The molecule has 1 aromatic heterocycles. The second-order valence-electron chi connectivity index (χ2n) is 5.56. The summed E-state index contributed by atoms with van der Waals surface area (Å²) in [6, 6.07) is 5.46. The molecule has 0 spiro atoms. The number of nitrogens with one attached hydrogen (secondary N) is 1. The highest BCUT2D eigenvalue weighted by Gasteiger charge is 2.15. The predicted molar refractivity (Wildman–Crippen MR) is 94.5 cm³/mol. The van der Waals surface area contributed by atoms with Crippen LogP contribution in [-0.4, -0.2) is 23.5 Å². The number of aryl methyl sites for hydroxylation is 1. The van der Waals surface area contributed by atoms with E-state index < -0.39 is 0 Å². The van der Waals surface area contributed by atoms with E-state index in [2.05, 4.69) is 17.2 Å². The lowest BCUT2D eigenvalue weighted by Gasteiger charge is -2.15. The summed E-state index contributed by atoms with van der Waals surface area (Å²) in [6.07, 6.45) is 1.94. The highest BCUT2D eigenvalue weighted by atomic mass is 35.5. The Morgan fingerprint density at radius 2 is 2.09 bits per heavy atom. The summed E-state index contributed by atoms with van der Waals surface area (Å²) < 4.78 is 5.64. The van der Waals surface area contributed by atoms with Gasteiger partial charge in [0.15, 0.2) is 12.4 Å². The third kappa shape index (κ3) is 4.49. The zero-order valence-electron chi connectivity index (χ0n) is 13.5. The number of amides is 1.